The van der Waals surface area contributed by atoms with Gasteiger partial charge >= 0.3 is 0 Å². The third-order valence-electron chi connectivity index (χ3n) is 3.84. The highest BCUT2D eigenvalue weighted by atomic mass is 16.5. The van der Waals surface area contributed by atoms with Gasteiger partial charge in [-0.2, -0.15) is 0 Å². The first-order valence-corrected chi connectivity index (χ1v) is 9.63. The van der Waals surface area contributed by atoms with E-state index in [-0.39, 0.29) is 5.78 Å². The molecule has 0 fully saturated rings. The van der Waals surface area contributed by atoms with Crippen LogP contribution in [0.2, 0.25) is 0 Å². The molecule has 0 aliphatic rings. The molecule has 2 aromatic carbocycles. The van der Waals surface area contributed by atoms with Crippen molar-refractivity contribution in [3.05, 3.63) is 72.3 Å². The fraction of sp³-hybridized carbons (Fsp3) is 0.292. The third kappa shape index (κ3) is 6.62. The summed E-state index contributed by atoms with van der Waals surface area (Å²) in [5, 5.41) is 0. The number of rotatable bonds is 12. The lowest BCUT2D eigenvalue weighted by Crippen LogP contribution is -2.00. The molecule has 4 nitrogen and oxygen atoms in total. The van der Waals surface area contributed by atoms with Crippen molar-refractivity contribution in [3.63, 3.8) is 0 Å². The van der Waals surface area contributed by atoms with Crippen LogP contribution in [-0.2, 0) is 0 Å². The molecule has 0 amide bonds. The van der Waals surface area contributed by atoms with Gasteiger partial charge in [-0.3, -0.25) is 4.79 Å². The van der Waals surface area contributed by atoms with Crippen molar-refractivity contribution in [2.45, 2.75) is 26.7 Å². The Kier molecular flexibility index (Phi) is 8.86. The van der Waals surface area contributed by atoms with Crippen molar-refractivity contribution in [3.8, 4) is 17.2 Å². The molecule has 0 spiro atoms. The maximum Gasteiger partial charge on any atom is 0.185 e. The average molecular weight is 380 g/mol. The summed E-state index contributed by atoms with van der Waals surface area (Å²) >= 11 is 0. The highest BCUT2D eigenvalue weighted by Crippen LogP contribution is 2.27. The molecule has 2 rings (SSSR count). The van der Waals surface area contributed by atoms with Gasteiger partial charge in [0.15, 0.2) is 5.78 Å². The highest BCUT2D eigenvalue weighted by Gasteiger charge is 2.06. The molecule has 0 N–H and O–H groups in total. The third-order valence-corrected chi connectivity index (χ3v) is 3.84. The highest BCUT2D eigenvalue weighted by molar-refractivity contribution is 6.07. The molecule has 0 aliphatic carbocycles. The molecular formula is C24H28O4. The number of carbonyl (C=O) groups is 1. The first-order valence-electron chi connectivity index (χ1n) is 9.63. The number of allylic oxidation sites excluding steroid dienone is 1. The second-order valence-electron chi connectivity index (χ2n) is 6.22. The van der Waals surface area contributed by atoms with Crippen LogP contribution in [0.15, 0.2) is 61.2 Å². The number of ether oxygens (including phenoxy) is 3. The van der Waals surface area contributed by atoms with Crippen LogP contribution in [0.3, 0.4) is 0 Å². The van der Waals surface area contributed by atoms with Crippen molar-refractivity contribution < 1.29 is 19.0 Å². The molecule has 0 bridgehead atoms. The zero-order chi connectivity index (χ0) is 20.2. The fourth-order valence-corrected chi connectivity index (χ4v) is 2.43. The Morgan fingerprint density at radius 1 is 0.929 bits per heavy atom. The van der Waals surface area contributed by atoms with Crippen molar-refractivity contribution in [2.24, 2.45) is 0 Å². The van der Waals surface area contributed by atoms with Crippen LogP contribution in [0.4, 0.5) is 0 Å². The van der Waals surface area contributed by atoms with Gasteiger partial charge in [0.2, 0.25) is 0 Å². The van der Waals surface area contributed by atoms with Crippen molar-refractivity contribution in [1.29, 1.82) is 0 Å². The van der Waals surface area contributed by atoms with E-state index in [1.165, 1.54) is 0 Å². The van der Waals surface area contributed by atoms with Crippen LogP contribution in [0.5, 0.6) is 17.2 Å². The second-order valence-corrected chi connectivity index (χ2v) is 6.22. The number of benzene rings is 2. The lowest BCUT2D eigenvalue weighted by Gasteiger charge is -2.11. The van der Waals surface area contributed by atoms with Gasteiger partial charge in [-0.15, -0.1) is 0 Å². The smallest absolute Gasteiger partial charge is 0.185 e. The number of carbonyl (C=O) groups excluding carboxylic acids is 1. The minimum absolute atomic E-state index is 0.0805. The second kappa shape index (κ2) is 11.7. The van der Waals surface area contributed by atoms with Gasteiger partial charge in [0.05, 0.1) is 13.2 Å². The van der Waals surface area contributed by atoms with E-state index in [0.717, 1.165) is 24.2 Å². The summed E-state index contributed by atoms with van der Waals surface area (Å²) in [6.07, 6.45) is 6.86. The Bertz CT molecular complexity index is 791. The molecule has 2 aromatic rings. The SMILES string of the molecule is C=CCOc1ccc(C(=O)/C=C/c2ccc(OCCC)cc2OCCC)cc1. The normalized spacial score (nSPS) is 10.6. The molecule has 148 valence electrons. The summed E-state index contributed by atoms with van der Waals surface area (Å²) in [7, 11) is 0. The average Bonchev–Trinajstić information content (AvgIpc) is 2.74. The molecule has 4 heteroatoms. The minimum Gasteiger partial charge on any atom is -0.493 e. The number of hydrogen-bond acceptors (Lipinski definition) is 4. The van der Waals surface area contributed by atoms with E-state index in [2.05, 4.69) is 20.4 Å². The van der Waals surface area contributed by atoms with E-state index in [0.29, 0.717) is 36.9 Å². The van der Waals surface area contributed by atoms with E-state index >= 15 is 0 Å². The minimum atomic E-state index is -0.0805. The van der Waals surface area contributed by atoms with Gasteiger partial charge in [-0.1, -0.05) is 26.5 Å². The predicted molar refractivity (Wildman–Crippen MR) is 114 cm³/mol. The lowest BCUT2D eigenvalue weighted by molar-refractivity contribution is 0.104. The van der Waals surface area contributed by atoms with E-state index in [1.807, 2.05) is 18.2 Å². The van der Waals surface area contributed by atoms with Crippen LogP contribution in [0, 0.1) is 0 Å². The molecule has 0 atom stereocenters. The Balaban J connectivity index is 2.12. The molecule has 0 aromatic heterocycles. The van der Waals surface area contributed by atoms with Gasteiger partial charge in [0.1, 0.15) is 23.9 Å². The van der Waals surface area contributed by atoms with Crippen LogP contribution in [-0.4, -0.2) is 25.6 Å². The summed E-state index contributed by atoms with van der Waals surface area (Å²) in [4.78, 5) is 12.5. The Hall–Kier alpha value is -3.01. The maximum atomic E-state index is 12.5. The Morgan fingerprint density at radius 2 is 1.61 bits per heavy atom. The van der Waals surface area contributed by atoms with E-state index in [1.54, 1.807) is 42.5 Å². The van der Waals surface area contributed by atoms with Crippen molar-refractivity contribution in [1.82, 2.24) is 0 Å². The summed E-state index contributed by atoms with van der Waals surface area (Å²) in [6, 6.07) is 12.7. The first-order chi connectivity index (χ1) is 13.7. The zero-order valence-electron chi connectivity index (χ0n) is 16.6. The Morgan fingerprint density at radius 3 is 2.29 bits per heavy atom. The molecule has 0 saturated carbocycles. The van der Waals surface area contributed by atoms with Gasteiger partial charge in [0.25, 0.3) is 0 Å². The fourth-order valence-electron chi connectivity index (χ4n) is 2.43. The van der Waals surface area contributed by atoms with E-state index in [9.17, 15) is 4.79 Å². The standard InChI is InChI=1S/C24H28O4/c1-4-15-26-21-11-7-19(8-12-21)23(25)14-10-20-9-13-22(27-16-5-2)18-24(20)28-17-6-3/h4,7-14,18H,1,5-6,15-17H2,2-3H3/b14-10+. The molecule has 0 aliphatic heterocycles. The quantitative estimate of drug-likeness (QED) is 0.268. The molecule has 0 radical (unpaired) electrons. The molecule has 0 unspecified atom stereocenters. The van der Waals surface area contributed by atoms with Gasteiger partial charge in [0, 0.05) is 17.2 Å². The number of hydrogen-bond donors (Lipinski definition) is 0. The summed E-state index contributed by atoms with van der Waals surface area (Å²) in [6.45, 7) is 9.44. The molecule has 28 heavy (non-hydrogen) atoms. The van der Waals surface area contributed by atoms with Gasteiger partial charge in [-0.05, 0) is 61.4 Å². The van der Waals surface area contributed by atoms with E-state index in [4.69, 9.17) is 14.2 Å². The Labute approximate surface area is 167 Å². The van der Waals surface area contributed by atoms with Crippen molar-refractivity contribution in [2.75, 3.05) is 19.8 Å². The van der Waals surface area contributed by atoms with Crippen LogP contribution < -0.4 is 14.2 Å². The van der Waals surface area contributed by atoms with Gasteiger partial charge in [-0.25, -0.2) is 0 Å². The molecule has 0 saturated heterocycles. The molecule has 0 heterocycles. The largest absolute Gasteiger partial charge is 0.493 e. The summed E-state index contributed by atoms with van der Waals surface area (Å²) in [5.74, 6) is 2.11. The van der Waals surface area contributed by atoms with Crippen LogP contribution in [0.25, 0.3) is 6.08 Å². The summed E-state index contributed by atoms with van der Waals surface area (Å²) < 4.78 is 16.9. The van der Waals surface area contributed by atoms with Crippen LogP contribution >= 0.6 is 0 Å². The van der Waals surface area contributed by atoms with Crippen LogP contribution in [0.1, 0.15) is 42.6 Å². The monoisotopic (exact) mass is 380 g/mol. The van der Waals surface area contributed by atoms with Crippen molar-refractivity contribution >= 4 is 11.9 Å². The van der Waals surface area contributed by atoms with E-state index < -0.39 is 0 Å². The predicted octanol–water partition coefficient (Wildman–Crippen LogP) is 5.73. The summed E-state index contributed by atoms with van der Waals surface area (Å²) in [5.41, 5.74) is 1.44. The van der Waals surface area contributed by atoms with Gasteiger partial charge < -0.3 is 14.2 Å². The maximum absolute atomic E-state index is 12.5. The topological polar surface area (TPSA) is 44.8 Å². The first kappa shape index (κ1) is 21.3. The number of ketones is 1. The lowest BCUT2D eigenvalue weighted by atomic mass is 10.1. The molecular weight excluding hydrogens is 352 g/mol. The zero-order valence-corrected chi connectivity index (χ0v) is 16.6.